The Balaban J connectivity index is 2.12. The highest BCUT2D eigenvalue weighted by molar-refractivity contribution is 6.58. The molecule has 0 saturated carbocycles. The normalized spacial score (nSPS) is 12.8. The number of carbonyl (C=O) groups excluding carboxylic acids is 3. The number of aryl methyl sites for hydroxylation is 1. The van der Waals surface area contributed by atoms with E-state index in [0.29, 0.717) is 18.7 Å². The van der Waals surface area contributed by atoms with Crippen molar-refractivity contribution in [3.8, 4) is 0 Å². The molecule has 0 aliphatic rings. The Morgan fingerprint density at radius 2 is 1.59 bits per heavy atom. The fourth-order valence-corrected chi connectivity index (χ4v) is 3.97. The number of benzene rings is 2. The molecule has 0 spiro atoms. The highest BCUT2D eigenvalue weighted by Gasteiger charge is 2.30. The highest BCUT2D eigenvalue weighted by Crippen LogP contribution is 2.29. The first-order valence-corrected chi connectivity index (χ1v) is 13.0. The van der Waals surface area contributed by atoms with Crippen LogP contribution >= 0.6 is 0 Å². The molecule has 2 atom stereocenters. The predicted octanol–water partition coefficient (Wildman–Crippen LogP) is -0.705. The molecule has 0 aliphatic carbocycles. The van der Waals surface area contributed by atoms with Crippen LogP contribution in [0.4, 0.5) is 18.9 Å². The van der Waals surface area contributed by atoms with Gasteiger partial charge in [-0.2, -0.15) is 13.2 Å². The molecule has 0 fully saturated rings. The van der Waals surface area contributed by atoms with Crippen molar-refractivity contribution in [2.45, 2.75) is 43.9 Å². The number of nitrogens with zero attached hydrogens (tertiary/aromatic N) is 1. The van der Waals surface area contributed by atoms with Gasteiger partial charge < -0.3 is 42.8 Å². The maximum Gasteiger partial charge on any atom is 0.488 e. The summed E-state index contributed by atoms with van der Waals surface area (Å²) >= 11 is 0. The van der Waals surface area contributed by atoms with Crippen LogP contribution in [0.25, 0.3) is 0 Å². The molecule has 0 saturated heterocycles. The van der Waals surface area contributed by atoms with Crippen molar-refractivity contribution in [1.29, 1.82) is 0 Å². The van der Waals surface area contributed by atoms with Gasteiger partial charge in [-0.05, 0) is 54.6 Å². The summed E-state index contributed by atoms with van der Waals surface area (Å²) in [6.07, 6.45) is -4.40. The standard InChI is InChI=1S/C26H36BF3N6O5/c28-26(29,30)18-7-4-17(5-8-18)6-10-22(25(39)34-20-3-1-2-19(16-20)27(40)41)35-24(38)21(33)9-11-23(37)36(14-12-31)15-13-32/h1-5,7-8,16,21-22,40-41H,6,9-15,31-33H2,(H,34,39)(H,35,38). The van der Waals surface area contributed by atoms with Gasteiger partial charge in [0.15, 0.2) is 0 Å². The van der Waals surface area contributed by atoms with E-state index in [0.717, 1.165) is 12.1 Å². The maximum absolute atomic E-state index is 13.1. The SMILES string of the molecule is NCCN(CCN)C(=O)CCC(N)C(=O)NC(CCc1ccc(C(F)(F)F)cc1)C(=O)Nc1cccc(B(O)O)c1. The van der Waals surface area contributed by atoms with Gasteiger partial charge >= 0.3 is 13.3 Å². The molecular weight excluding hydrogens is 544 g/mol. The van der Waals surface area contributed by atoms with Gasteiger partial charge in [0.2, 0.25) is 17.7 Å². The molecule has 0 aliphatic heterocycles. The van der Waals surface area contributed by atoms with E-state index in [1.54, 1.807) is 0 Å². The summed E-state index contributed by atoms with van der Waals surface area (Å²) in [7, 11) is -1.77. The lowest BCUT2D eigenvalue weighted by atomic mass is 9.80. The molecule has 3 amide bonds. The van der Waals surface area contributed by atoms with Crippen LogP contribution in [0, 0.1) is 0 Å². The average Bonchev–Trinajstić information content (AvgIpc) is 2.93. The number of hydrogen-bond donors (Lipinski definition) is 7. The van der Waals surface area contributed by atoms with E-state index in [9.17, 15) is 37.6 Å². The van der Waals surface area contributed by atoms with Crippen molar-refractivity contribution in [1.82, 2.24) is 10.2 Å². The van der Waals surface area contributed by atoms with Crippen LogP contribution in [0.2, 0.25) is 0 Å². The molecule has 2 unspecified atom stereocenters. The van der Waals surface area contributed by atoms with Crippen LogP contribution < -0.4 is 33.3 Å². The first-order chi connectivity index (χ1) is 19.3. The second kappa shape index (κ2) is 16.1. The van der Waals surface area contributed by atoms with Gasteiger partial charge in [0.25, 0.3) is 0 Å². The summed E-state index contributed by atoms with van der Waals surface area (Å²) < 4.78 is 38.7. The smallest absolute Gasteiger partial charge is 0.423 e. The number of amides is 3. The van der Waals surface area contributed by atoms with Gasteiger partial charge in [-0.1, -0.05) is 24.3 Å². The fraction of sp³-hybridized carbons (Fsp3) is 0.423. The summed E-state index contributed by atoms with van der Waals surface area (Å²) in [6.45, 7) is 1.10. The molecule has 0 heterocycles. The van der Waals surface area contributed by atoms with Crippen LogP contribution in [0.15, 0.2) is 48.5 Å². The Hall–Kier alpha value is -3.50. The second-order valence-electron chi connectivity index (χ2n) is 9.39. The number of nitrogens with one attached hydrogen (secondary N) is 2. The van der Waals surface area contributed by atoms with E-state index in [-0.39, 0.29) is 55.8 Å². The minimum absolute atomic E-state index is 0.0116. The summed E-state index contributed by atoms with van der Waals surface area (Å²) in [5.41, 5.74) is 17.1. The molecule has 2 aromatic carbocycles. The molecule has 10 N–H and O–H groups in total. The molecular formula is C26H36BF3N6O5. The van der Waals surface area contributed by atoms with Crippen LogP contribution in [-0.2, 0) is 27.0 Å². The van der Waals surface area contributed by atoms with E-state index in [1.165, 1.54) is 41.3 Å². The zero-order valence-electron chi connectivity index (χ0n) is 22.4. The number of anilines is 1. The topological polar surface area (TPSA) is 197 Å². The summed E-state index contributed by atoms with van der Waals surface area (Å²) in [5, 5.41) is 23.9. The van der Waals surface area contributed by atoms with Gasteiger partial charge in [0.1, 0.15) is 6.04 Å². The van der Waals surface area contributed by atoms with Crippen molar-refractivity contribution in [2.75, 3.05) is 31.5 Å². The third-order valence-corrected chi connectivity index (χ3v) is 6.24. The number of carbonyl (C=O) groups is 3. The van der Waals surface area contributed by atoms with Gasteiger partial charge in [-0.3, -0.25) is 14.4 Å². The largest absolute Gasteiger partial charge is 0.488 e. The van der Waals surface area contributed by atoms with Gasteiger partial charge in [-0.25, -0.2) is 0 Å². The Labute approximate surface area is 236 Å². The van der Waals surface area contributed by atoms with Crippen LogP contribution in [0.5, 0.6) is 0 Å². The van der Waals surface area contributed by atoms with E-state index in [1.807, 2.05) is 0 Å². The lowest BCUT2D eigenvalue weighted by Gasteiger charge is -2.23. The molecule has 41 heavy (non-hydrogen) atoms. The summed E-state index contributed by atoms with van der Waals surface area (Å²) in [4.78, 5) is 40.0. The Kier molecular flexibility index (Phi) is 13.2. The minimum atomic E-state index is -4.49. The third-order valence-electron chi connectivity index (χ3n) is 6.24. The van der Waals surface area contributed by atoms with E-state index in [2.05, 4.69) is 10.6 Å². The monoisotopic (exact) mass is 580 g/mol. The van der Waals surface area contributed by atoms with Gasteiger partial charge in [0.05, 0.1) is 11.6 Å². The maximum atomic E-state index is 13.1. The molecule has 2 aromatic rings. The fourth-order valence-electron chi connectivity index (χ4n) is 3.97. The Morgan fingerprint density at radius 1 is 0.951 bits per heavy atom. The molecule has 15 heteroatoms. The number of alkyl halides is 3. The molecule has 11 nitrogen and oxygen atoms in total. The van der Waals surface area contributed by atoms with E-state index >= 15 is 0 Å². The van der Waals surface area contributed by atoms with Crippen molar-refractivity contribution in [2.24, 2.45) is 17.2 Å². The molecule has 2 rings (SSSR count). The van der Waals surface area contributed by atoms with Crippen molar-refractivity contribution < 1.29 is 37.6 Å². The highest BCUT2D eigenvalue weighted by atomic mass is 19.4. The molecule has 0 bridgehead atoms. The van der Waals surface area contributed by atoms with Crippen LogP contribution in [0.3, 0.4) is 0 Å². The minimum Gasteiger partial charge on any atom is -0.423 e. The average molecular weight is 580 g/mol. The van der Waals surface area contributed by atoms with Gasteiger partial charge in [-0.15, -0.1) is 0 Å². The predicted molar refractivity (Wildman–Crippen MR) is 148 cm³/mol. The summed E-state index contributed by atoms with van der Waals surface area (Å²) in [5.74, 6) is -1.63. The molecule has 0 aromatic heterocycles. The lowest BCUT2D eigenvalue weighted by molar-refractivity contribution is -0.137. The zero-order valence-corrected chi connectivity index (χ0v) is 22.4. The molecule has 224 valence electrons. The Morgan fingerprint density at radius 3 is 2.15 bits per heavy atom. The van der Waals surface area contributed by atoms with Crippen LogP contribution in [0.1, 0.15) is 30.4 Å². The van der Waals surface area contributed by atoms with Crippen LogP contribution in [-0.4, -0.2) is 78.1 Å². The van der Waals surface area contributed by atoms with E-state index in [4.69, 9.17) is 17.2 Å². The quantitative estimate of drug-likeness (QED) is 0.134. The van der Waals surface area contributed by atoms with E-state index < -0.39 is 42.8 Å². The third kappa shape index (κ3) is 11.1. The lowest BCUT2D eigenvalue weighted by Crippen LogP contribution is -2.50. The van der Waals surface area contributed by atoms with Crippen molar-refractivity contribution >= 4 is 36.0 Å². The number of rotatable bonds is 15. The van der Waals surface area contributed by atoms with Gasteiger partial charge in [0, 0.05) is 38.3 Å². The number of halogens is 3. The number of hydrogen-bond acceptors (Lipinski definition) is 8. The second-order valence-corrected chi connectivity index (χ2v) is 9.39. The first kappa shape index (κ1) is 33.7. The summed E-state index contributed by atoms with van der Waals surface area (Å²) in [6, 6.07) is 7.92. The van der Waals surface area contributed by atoms with Crippen molar-refractivity contribution in [3.05, 3.63) is 59.7 Å². The van der Waals surface area contributed by atoms with Crippen molar-refractivity contribution in [3.63, 3.8) is 0 Å². The zero-order chi connectivity index (χ0) is 30.6. The Bertz CT molecular complexity index is 1150. The molecule has 0 radical (unpaired) electrons. The number of nitrogens with two attached hydrogens (primary N) is 3. The first-order valence-electron chi connectivity index (χ1n) is 13.0.